The predicted molar refractivity (Wildman–Crippen MR) is 76.9 cm³/mol. The zero-order chi connectivity index (χ0) is 13.5. The van der Waals surface area contributed by atoms with Gasteiger partial charge in [0.1, 0.15) is 30.1 Å². The third-order valence-corrected chi connectivity index (χ3v) is 3.68. The monoisotopic (exact) mass is 266 g/mol. The normalized spacial score (nSPS) is 16.9. The quantitative estimate of drug-likeness (QED) is 0.748. The molecule has 0 fully saturated rings. The lowest BCUT2D eigenvalue weighted by molar-refractivity contribution is 0.339. The first kappa shape index (κ1) is 11.3. The molecule has 4 rings (SSSR count). The molecule has 5 heteroatoms. The second-order valence-corrected chi connectivity index (χ2v) is 4.96. The number of hydrogen-bond acceptors (Lipinski definition) is 4. The third-order valence-electron chi connectivity index (χ3n) is 3.68. The van der Waals surface area contributed by atoms with Crippen LogP contribution in [0.4, 0.5) is 5.82 Å². The first-order valence-electron chi connectivity index (χ1n) is 6.60. The highest BCUT2D eigenvalue weighted by Gasteiger charge is 2.24. The van der Waals surface area contributed by atoms with Crippen molar-refractivity contribution in [2.45, 2.75) is 13.0 Å². The summed E-state index contributed by atoms with van der Waals surface area (Å²) in [6, 6.07) is 8.22. The fraction of sp³-hybridized carbons (Fsp3) is 0.200. The van der Waals surface area contributed by atoms with Crippen molar-refractivity contribution in [1.82, 2.24) is 15.0 Å². The molecule has 0 spiro atoms. The van der Waals surface area contributed by atoms with E-state index < -0.39 is 0 Å². The number of para-hydroxylation sites is 1. The van der Waals surface area contributed by atoms with Gasteiger partial charge in [-0.25, -0.2) is 9.97 Å². The zero-order valence-corrected chi connectivity index (χ0v) is 11.1. The number of aryl methyl sites for hydroxylation is 1. The lowest BCUT2D eigenvalue weighted by Crippen LogP contribution is -2.13. The summed E-state index contributed by atoms with van der Waals surface area (Å²) in [4.78, 5) is 11.8. The Morgan fingerprint density at radius 1 is 1.30 bits per heavy atom. The third kappa shape index (κ3) is 1.63. The minimum Gasteiger partial charge on any atom is -0.491 e. The van der Waals surface area contributed by atoms with Crippen LogP contribution in [-0.4, -0.2) is 21.6 Å². The van der Waals surface area contributed by atoms with E-state index >= 15 is 0 Å². The van der Waals surface area contributed by atoms with Gasteiger partial charge in [0.15, 0.2) is 0 Å². The van der Waals surface area contributed by atoms with Gasteiger partial charge < -0.3 is 15.0 Å². The van der Waals surface area contributed by atoms with Gasteiger partial charge in [-0.3, -0.25) is 0 Å². The molecule has 0 aliphatic carbocycles. The van der Waals surface area contributed by atoms with Crippen molar-refractivity contribution in [2.24, 2.45) is 0 Å². The highest BCUT2D eigenvalue weighted by Crippen LogP contribution is 2.35. The van der Waals surface area contributed by atoms with E-state index in [9.17, 15) is 0 Å². The van der Waals surface area contributed by atoms with Crippen molar-refractivity contribution < 1.29 is 4.74 Å². The molecule has 0 amide bonds. The number of ether oxygens (including phenoxy) is 1. The number of rotatable bonds is 2. The van der Waals surface area contributed by atoms with Crippen LogP contribution < -0.4 is 10.1 Å². The molecular weight excluding hydrogens is 252 g/mol. The van der Waals surface area contributed by atoms with Crippen LogP contribution in [-0.2, 0) is 0 Å². The van der Waals surface area contributed by atoms with E-state index in [1.807, 2.05) is 31.3 Å². The van der Waals surface area contributed by atoms with E-state index in [-0.39, 0.29) is 6.04 Å². The van der Waals surface area contributed by atoms with Gasteiger partial charge in [0.25, 0.3) is 0 Å². The summed E-state index contributed by atoms with van der Waals surface area (Å²) in [5, 5.41) is 4.51. The van der Waals surface area contributed by atoms with E-state index in [1.54, 1.807) is 6.33 Å². The molecule has 2 aromatic heterocycles. The maximum atomic E-state index is 5.69. The fourth-order valence-corrected chi connectivity index (χ4v) is 2.67. The SMILES string of the molecule is Cc1c[nH]c2ncnc(NC3COc4ccccc43)c12. The molecule has 1 atom stereocenters. The summed E-state index contributed by atoms with van der Waals surface area (Å²) >= 11 is 0. The van der Waals surface area contributed by atoms with Gasteiger partial charge in [0.05, 0.1) is 11.4 Å². The Hall–Kier alpha value is -2.56. The number of nitrogens with one attached hydrogen (secondary N) is 2. The van der Waals surface area contributed by atoms with Gasteiger partial charge >= 0.3 is 0 Å². The number of H-pyrrole nitrogens is 1. The molecular formula is C15H14N4O. The molecule has 3 aromatic rings. The van der Waals surface area contributed by atoms with Crippen LogP contribution in [0.2, 0.25) is 0 Å². The number of anilines is 1. The summed E-state index contributed by atoms with van der Waals surface area (Å²) in [6.07, 6.45) is 3.52. The molecule has 5 nitrogen and oxygen atoms in total. The molecule has 1 aliphatic rings. The molecule has 2 N–H and O–H groups in total. The number of aromatic amines is 1. The Morgan fingerprint density at radius 2 is 2.20 bits per heavy atom. The van der Waals surface area contributed by atoms with Crippen molar-refractivity contribution in [1.29, 1.82) is 0 Å². The average Bonchev–Trinajstić information content (AvgIpc) is 3.05. The Bertz CT molecular complexity index is 780. The smallest absolute Gasteiger partial charge is 0.143 e. The van der Waals surface area contributed by atoms with Crippen LogP contribution in [0.5, 0.6) is 5.75 Å². The number of aromatic nitrogens is 3. The lowest BCUT2D eigenvalue weighted by atomic mass is 10.1. The summed E-state index contributed by atoms with van der Waals surface area (Å²) in [5.74, 6) is 1.79. The van der Waals surface area contributed by atoms with Crippen LogP contribution in [0.25, 0.3) is 11.0 Å². The number of nitrogens with zero attached hydrogens (tertiary/aromatic N) is 2. The largest absolute Gasteiger partial charge is 0.491 e. The van der Waals surface area contributed by atoms with Crippen LogP contribution in [0, 0.1) is 6.92 Å². The van der Waals surface area contributed by atoms with Gasteiger partial charge in [0.2, 0.25) is 0 Å². The zero-order valence-electron chi connectivity index (χ0n) is 11.1. The van der Waals surface area contributed by atoms with E-state index in [1.165, 1.54) is 5.56 Å². The molecule has 1 unspecified atom stereocenters. The van der Waals surface area contributed by atoms with Gasteiger partial charge in [-0.1, -0.05) is 18.2 Å². The summed E-state index contributed by atoms with van der Waals surface area (Å²) in [5.41, 5.74) is 3.16. The average molecular weight is 266 g/mol. The maximum Gasteiger partial charge on any atom is 0.143 e. The van der Waals surface area contributed by atoms with Crippen molar-refractivity contribution in [3.8, 4) is 5.75 Å². The van der Waals surface area contributed by atoms with Gasteiger partial charge in [-0.05, 0) is 18.6 Å². The molecule has 0 saturated carbocycles. The van der Waals surface area contributed by atoms with Crippen LogP contribution in [0.3, 0.4) is 0 Å². The predicted octanol–water partition coefficient (Wildman–Crippen LogP) is 2.81. The van der Waals surface area contributed by atoms with E-state index in [0.717, 1.165) is 28.2 Å². The highest BCUT2D eigenvalue weighted by atomic mass is 16.5. The molecule has 1 aromatic carbocycles. The molecule has 20 heavy (non-hydrogen) atoms. The van der Waals surface area contributed by atoms with Crippen LogP contribution in [0.15, 0.2) is 36.8 Å². The molecule has 0 radical (unpaired) electrons. The van der Waals surface area contributed by atoms with Crippen molar-refractivity contribution in [3.05, 3.63) is 47.9 Å². The lowest BCUT2D eigenvalue weighted by Gasteiger charge is -2.13. The number of hydrogen-bond donors (Lipinski definition) is 2. The minimum atomic E-state index is 0.124. The minimum absolute atomic E-state index is 0.124. The Kier molecular flexibility index (Phi) is 2.39. The molecule has 1 aliphatic heterocycles. The standard InChI is InChI=1S/C15H14N4O/c1-9-6-16-14-13(9)15(18-8-17-14)19-11-7-20-12-5-3-2-4-10(11)12/h2-6,8,11H,7H2,1H3,(H2,16,17,18,19). The number of fused-ring (bicyclic) bond motifs is 2. The summed E-state index contributed by atoms with van der Waals surface area (Å²) in [6.45, 7) is 2.67. The van der Waals surface area contributed by atoms with E-state index in [0.29, 0.717) is 6.61 Å². The second kappa shape index (κ2) is 4.23. The first-order valence-corrected chi connectivity index (χ1v) is 6.60. The Morgan fingerprint density at radius 3 is 3.15 bits per heavy atom. The molecule has 0 saturated heterocycles. The van der Waals surface area contributed by atoms with Gasteiger partial charge in [0, 0.05) is 11.8 Å². The number of benzene rings is 1. The second-order valence-electron chi connectivity index (χ2n) is 4.96. The Labute approximate surface area is 116 Å². The maximum absolute atomic E-state index is 5.69. The Balaban J connectivity index is 1.74. The van der Waals surface area contributed by atoms with Crippen LogP contribution >= 0.6 is 0 Å². The highest BCUT2D eigenvalue weighted by molar-refractivity contribution is 5.90. The molecule has 0 bridgehead atoms. The first-order chi connectivity index (χ1) is 9.83. The van der Waals surface area contributed by atoms with Crippen molar-refractivity contribution in [3.63, 3.8) is 0 Å². The summed E-state index contributed by atoms with van der Waals surface area (Å²) in [7, 11) is 0. The van der Waals surface area contributed by atoms with Gasteiger partial charge in [-0.15, -0.1) is 0 Å². The van der Waals surface area contributed by atoms with E-state index in [4.69, 9.17) is 4.74 Å². The van der Waals surface area contributed by atoms with E-state index in [2.05, 4.69) is 26.3 Å². The summed E-state index contributed by atoms with van der Waals surface area (Å²) < 4.78 is 5.69. The van der Waals surface area contributed by atoms with Crippen molar-refractivity contribution >= 4 is 16.9 Å². The topological polar surface area (TPSA) is 62.8 Å². The van der Waals surface area contributed by atoms with Gasteiger partial charge in [-0.2, -0.15) is 0 Å². The fourth-order valence-electron chi connectivity index (χ4n) is 2.67. The van der Waals surface area contributed by atoms with Crippen LogP contribution in [0.1, 0.15) is 17.2 Å². The van der Waals surface area contributed by atoms with Crippen molar-refractivity contribution in [2.75, 3.05) is 11.9 Å². The molecule has 100 valence electrons. The molecule has 3 heterocycles.